The minimum Gasteiger partial charge on any atom is -0.489 e. The maximum Gasteiger partial charge on any atom is 0.152 e. The third-order valence-electron chi connectivity index (χ3n) is 2.65. The topological polar surface area (TPSA) is 55.0 Å². The fourth-order valence-corrected chi connectivity index (χ4v) is 1.90. The van der Waals surface area contributed by atoms with Crippen molar-refractivity contribution in [2.45, 2.75) is 33.3 Å². The van der Waals surface area contributed by atoms with Gasteiger partial charge in [0.25, 0.3) is 0 Å². The van der Waals surface area contributed by atoms with Crippen LogP contribution in [0, 0.1) is 0 Å². The maximum atomic E-state index is 10.9. The van der Waals surface area contributed by atoms with E-state index in [4.69, 9.17) is 4.74 Å². The normalized spacial score (nSPS) is 11.6. The van der Waals surface area contributed by atoms with Gasteiger partial charge in [0.1, 0.15) is 11.4 Å². The van der Waals surface area contributed by atoms with Gasteiger partial charge in [-0.3, -0.25) is 4.79 Å². The van der Waals surface area contributed by atoms with Crippen LogP contribution in [-0.2, 0) is 11.2 Å². The molecule has 4 heteroatoms. The number of pyridine rings is 1. The van der Waals surface area contributed by atoms with Crippen LogP contribution >= 0.6 is 0 Å². The zero-order valence-corrected chi connectivity index (χ0v) is 11.4. The number of hydrogen-bond acceptors (Lipinski definition) is 3. The Labute approximate surface area is 112 Å². The molecular weight excluding hydrogens is 240 g/mol. The summed E-state index contributed by atoms with van der Waals surface area (Å²) < 4.78 is 5.64. The third kappa shape index (κ3) is 3.44. The zero-order chi connectivity index (χ0) is 13.8. The van der Waals surface area contributed by atoms with Crippen molar-refractivity contribution in [1.82, 2.24) is 9.97 Å². The lowest BCUT2D eigenvalue weighted by Gasteiger charge is -2.08. The van der Waals surface area contributed by atoms with E-state index in [1.165, 1.54) is 0 Å². The lowest BCUT2D eigenvalue weighted by atomic mass is 10.1. The van der Waals surface area contributed by atoms with Gasteiger partial charge in [-0.05, 0) is 44.9 Å². The number of ether oxygens (including phenoxy) is 1. The predicted molar refractivity (Wildman–Crippen MR) is 75.4 cm³/mol. The Morgan fingerprint density at radius 1 is 1.53 bits per heavy atom. The Kier molecular flexibility index (Phi) is 4.00. The van der Waals surface area contributed by atoms with Crippen LogP contribution in [0.2, 0.25) is 0 Å². The lowest BCUT2D eigenvalue weighted by Crippen LogP contribution is -2.05. The molecule has 1 N–H and O–H groups in total. The number of nitrogens with one attached hydrogen (secondary N) is 1. The summed E-state index contributed by atoms with van der Waals surface area (Å²) in [6.07, 6.45) is 7.91. The molecule has 0 saturated carbocycles. The van der Waals surface area contributed by atoms with Gasteiger partial charge in [-0.1, -0.05) is 6.08 Å². The highest BCUT2D eigenvalue weighted by molar-refractivity contribution is 5.87. The number of H-pyrrole nitrogens is 1. The third-order valence-corrected chi connectivity index (χ3v) is 2.65. The van der Waals surface area contributed by atoms with Gasteiger partial charge in [0.15, 0.2) is 5.78 Å². The molecule has 0 aliphatic carbocycles. The molecule has 2 heterocycles. The fraction of sp³-hybridized carbons (Fsp3) is 0.333. The Morgan fingerprint density at radius 3 is 3.00 bits per heavy atom. The van der Waals surface area contributed by atoms with Crippen molar-refractivity contribution in [1.29, 1.82) is 0 Å². The van der Waals surface area contributed by atoms with E-state index in [-0.39, 0.29) is 11.9 Å². The average molecular weight is 258 g/mol. The van der Waals surface area contributed by atoms with Crippen LogP contribution in [0.25, 0.3) is 11.0 Å². The Hall–Kier alpha value is -2.10. The quantitative estimate of drug-likeness (QED) is 0.839. The molecule has 2 aromatic heterocycles. The van der Waals surface area contributed by atoms with Gasteiger partial charge < -0.3 is 9.72 Å². The highest BCUT2D eigenvalue weighted by Gasteiger charge is 2.06. The molecule has 4 nitrogen and oxygen atoms in total. The number of ketones is 1. The first-order chi connectivity index (χ1) is 9.06. The molecule has 2 aromatic rings. The van der Waals surface area contributed by atoms with Gasteiger partial charge in [0.2, 0.25) is 0 Å². The minimum absolute atomic E-state index is 0.0572. The monoisotopic (exact) mass is 258 g/mol. The van der Waals surface area contributed by atoms with Crippen LogP contribution in [0.4, 0.5) is 0 Å². The molecule has 0 aliphatic heterocycles. The van der Waals surface area contributed by atoms with Crippen molar-refractivity contribution in [3.63, 3.8) is 0 Å². The molecule has 0 bridgehead atoms. The molecule has 19 heavy (non-hydrogen) atoms. The van der Waals surface area contributed by atoms with E-state index in [1.807, 2.05) is 32.2 Å². The average Bonchev–Trinajstić information content (AvgIpc) is 2.71. The molecule has 0 radical (unpaired) electrons. The van der Waals surface area contributed by atoms with Crippen LogP contribution in [0.5, 0.6) is 5.75 Å². The van der Waals surface area contributed by atoms with Gasteiger partial charge >= 0.3 is 0 Å². The molecule has 0 saturated heterocycles. The van der Waals surface area contributed by atoms with Crippen LogP contribution in [0.1, 0.15) is 26.3 Å². The van der Waals surface area contributed by atoms with Crippen LogP contribution in [0.3, 0.4) is 0 Å². The van der Waals surface area contributed by atoms with E-state index >= 15 is 0 Å². The molecule has 0 spiro atoms. The summed E-state index contributed by atoms with van der Waals surface area (Å²) in [4.78, 5) is 18.3. The van der Waals surface area contributed by atoms with E-state index in [0.29, 0.717) is 6.42 Å². The van der Waals surface area contributed by atoms with E-state index in [2.05, 4.69) is 9.97 Å². The number of aromatic amines is 1. The Morgan fingerprint density at radius 2 is 2.32 bits per heavy atom. The summed E-state index contributed by atoms with van der Waals surface area (Å²) in [7, 11) is 0. The van der Waals surface area contributed by atoms with E-state index in [1.54, 1.807) is 19.2 Å². The van der Waals surface area contributed by atoms with Gasteiger partial charge in [0, 0.05) is 11.6 Å². The number of hydrogen-bond donors (Lipinski definition) is 1. The molecule has 0 atom stereocenters. The first-order valence-corrected chi connectivity index (χ1v) is 6.36. The SMILES string of the molecule is CC(=O)C=CCc1c[nH]c2ncc(OC(C)C)cc12. The molecule has 0 fully saturated rings. The second-order valence-corrected chi connectivity index (χ2v) is 4.76. The van der Waals surface area contributed by atoms with Crippen LogP contribution < -0.4 is 4.74 Å². The number of carbonyl (C=O) groups is 1. The number of allylic oxidation sites excluding steroid dienone is 2. The van der Waals surface area contributed by atoms with Crippen molar-refractivity contribution in [3.8, 4) is 5.75 Å². The largest absolute Gasteiger partial charge is 0.489 e. The zero-order valence-electron chi connectivity index (χ0n) is 11.4. The highest BCUT2D eigenvalue weighted by atomic mass is 16.5. The van der Waals surface area contributed by atoms with E-state index in [0.717, 1.165) is 22.3 Å². The summed E-state index contributed by atoms with van der Waals surface area (Å²) in [5, 5.41) is 1.03. The van der Waals surface area contributed by atoms with Gasteiger partial charge in [-0.15, -0.1) is 0 Å². The summed E-state index contributed by atoms with van der Waals surface area (Å²) in [6.45, 7) is 5.51. The molecule has 0 amide bonds. The molecule has 2 rings (SSSR count). The first-order valence-electron chi connectivity index (χ1n) is 6.36. The summed E-state index contributed by atoms with van der Waals surface area (Å²) in [5.74, 6) is 0.820. The number of nitrogens with zero attached hydrogens (tertiary/aromatic N) is 1. The van der Waals surface area contributed by atoms with Crippen molar-refractivity contribution in [2.24, 2.45) is 0 Å². The number of aromatic nitrogens is 2. The van der Waals surface area contributed by atoms with Crippen molar-refractivity contribution >= 4 is 16.8 Å². The van der Waals surface area contributed by atoms with Gasteiger partial charge in [-0.2, -0.15) is 0 Å². The lowest BCUT2D eigenvalue weighted by molar-refractivity contribution is -0.112. The first kappa shape index (κ1) is 13.3. The van der Waals surface area contributed by atoms with Gasteiger partial charge in [-0.25, -0.2) is 4.98 Å². The number of fused-ring (bicyclic) bond motifs is 1. The maximum absolute atomic E-state index is 10.9. The standard InChI is InChI=1S/C15H18N2O2/c1-10(2)19-13-7-14-12(6-4-5-11(3)18)8-16-15(14)17-9-13/h4-5,7-10H,6H2,1-3H3,(H,16,17). The fourth-order valence-electron chi connectivity index (χ4n) is 1.90. The van der Waals surface area contributed by atoms with E-state index in [9.17, 15) is 4.79 Å². The van der Waals surface area contributed by atoms with E-state index < -0.39 is 0 Å². The smallest absolute Gasteiger partial charge is 0.152 e. The molecule has 0 aromatic carbocycles. The molecule has 0 unspecified atom stereocenters. The Bertz CT molecular complexity index is 612. The molecule has 0 aliphatic rings. The minimum atomic E-state index is 0.0572. The molecular formula is C15H18N2O2. The summed E-state index contributed by atoms with van der Waals surface area (Å²) in [6, 6.07) is 1.98. The van der Waals surface area contributed by atoms with Crippen molar-refractivity contribution < 1.29 is 9.53 Å². The van der Waals surface area contributed by atoms with Crippen LogP contribution in [0.15, 0.2) is 30.6 Å². The molecule has 100 valence electrons. The second-order valence-electron chi connectivity index (χ2n) is 4.76. The van der Waals surface area contributed by atoms with Crippen LogP contribution in [-0.4, -0.2) is 21.9 Å². The predicted octanol–water partition coefficient (Wildman–Crippen LogP) is 3.04. The van der Waals surface area contributed by atoms with Gasteiger partial charge in [0.05, 0.1) is 12.3 Å². The number of carbonyl (C=O) groups excluding carboxylic acids is 1. The van der Waals surface area contributed by atoms with Crippen molar-refractivity contribution in [2.75, 3.05) is 0 Å². The Balaban J connectivity index is 2.26. The second kappa shape index (κ2) is 5.69. The number of rotatable bonds is 5. The van der Waals surface area contributed by atoms with Crippen molar-refractivity contribution in [3.05, 3.63) is 36.2 Å². The highest BCUT2D eigenvalue weighted by Crippen LogP contribution is 2.22. The summed E-state index contributed by atoms with van der Waals surface area (Å²) in [5.41, 5.74) is 1.94. The summed E-state index contributed by atoms with van der Waals surface area (Å²) >= 11 is 0.